The van der Waals surface area contributed by atoms with Crippen molar-refractivity contribution in [3.05, 3.63) is 10.6 Å². The van der Waals surface area contributed by atoms with Gasteiger partial charge in [0.1, 0.15) is 4.88 Å². The van der Waals surface area contributed by atoms with Crippen LogP contribution < -0.4 is 5.32 Å². The number of nitrogens with zero attached hydrogens (tertiary/aromatic N) is 5. The Hall–Kier alpha value is -1.59. The Balaban J connectivity index is 1.92. The van der Waals surface area contributed by atoms with Crippen molar-refractivity contribution >= 4 is 51.6 Å². The maximum atomic E-state index is 12.4. The van der Waals surface area contributed by atoms with Gasteiger partial charge >= 0.3 is 0 Å². The van der Waals surface area contributed by atoms with E-state index in [9.17, 15) is 9.59 Å². The predicted molar refractivity (Wildman–Crippen MR) is 100 cm³/mol. The molecule has 2 amide bonds. The third kappa shape index (κ3) is 5.19. The Labute approximate surface area is 158 Å². The van der Waals surface area contributed by atoms with Crippen LogP contribution in [0.3, 0.4) is 0 Å². The Morgan fingerprint density at radius 1 is 1.16 bits per heavy atom. The normalized spacial score (nSPS) is 11.2. The maximum absolute atomic E-state index is 12.4. The van der Waals surface area contributed by atoms with E-state index in [-0.39, 0.29) is 29.7 Å². The van der Waals surface area contributed by atoms with Gasteiger partial charge in [-0.1, -0.05) is 27.6 Å². The van der Waals surface area contributed by atoms with E-state index in [4.69, 9.17) is 0 Å². The topological polar surface area (TPSA) is 101 Å². The zero-order valence-corrected chi connectivity index (χ0v) is 17.1. The van der Waals surface area contributed by atoms with Crippen molar-refractivity contribution in [1.29, 1.82) is 0 Å². The number of rotatable bonds is 7. The molecule has 0 saturated carbocycles. The first-order valence-corrected chi connectivity index (χ1v) is 10.2. The summed E-state index contributed by atoms with van der Waals surface area (Å²) in [6.07, 6.45) is 0. The summed E-state index contributed by atoms with van der Waals surface area (Å²) in [5.74, 6) is 0.0424. The van der Waals surface area contributed by atoms with Crippen LogP contribution >= 0.6 is 34.6 Å². The SMILES string of the molecule is Cc1nnsc1C(=O)Nc1nnc(SCC(=O)N(C(C)C)C(C)C)s1. The van der Waals surface area contributed by atoms with Crippen molar-refractivity contribution in [3.8, 4) is 0 Å². The summed E-state index contributed by atoms with van der Waals surface area (Å²) in [5.41, 5.74) is 0.578. The average molecular weight is 401 g/mol. The van der Waals surface area contributed by atoms with Crippen molar-refractivity contribution in [2.45, 2.75) is 51.0 Å². The maximum Gasteiger partial charge on any atom is 0.271 e. The van der Waals surface area contributed by atoms with Gasteiger partial charge < -0.3 is 4.90 Å². The molecule has 2 aromatic heterocycles. The van der Waals surface area contributed by atoms with Crippen molar-refractivity contribution < 1.29 is 9.59 Å². The molecule has 0 fully saturated rings. The first-order valence-electron chi connectivity index (χ1n) is 7.67. The molecule has 136 valence electrons. The Kier molecular flexibility index (Phi) is 6.85. The number of amides is 2. The third-order valence-corrected chi connectivity index (χ3v) is 5.99. The van der Waals surface area contributed by atoms with Crippen LogP contribution in [0.15, 0.2) is 4.34 Å². The molecule has 0 radical (unpaired) electrons. The highest BCUT2D eigenvalue weighted by atomic mass is 32.2. The van der Waals surface area contributed by atoms with Crippen LogP contribution in [0.5, 0.6) is 0 Å². The molecule has 0 bridgehead atoms. The summed E-state index contributed by atoms with van der Waals surface area (Å²) in [4.78, 5) is 26.7. The second kappa shape index (κ2) is 8.68. The first kappa shape index (κ1) is 19.7. The summed E-state index contributed by atoms with van der Waals surface area (Å²) in [7, 11) is 0. The van der Waals surface area contributed by atoms with Crippen LogP contribution in [-0.2, 0) is 4.79 Å². The molecule has 0 aliphatic rings. The van der Waals surface area contributed by atoms with E-state index < -0.39 is 0 Å². The van der Waals surface area contributed by atoms with Gasteiger partial charge in [-0.3, -0.25) is 14.9 Å². The van der Waals surface area contributed by atoms with Gasteiger partial charge in [0.25, 0.3) is 5.91 Å². The fraction of sp³-hybridized carbons (Fsp3) is 0.571. The van der Waals surface area contributed by atoms with E-state index in [0.717, 1.165) is 11.5 Å². The number of anilines is 1. The highest BCUT2D eigenvalue weighted by Crippen LogP contribution is 2.26. The molecule has 0 atom stereocenters. The predicted octanol–water partition coefficient (Wildman–Crippen LogP) is 2.69. The molecular weight excluding hydrogens is 380 g/mol. The number of thioether (sulfide) groups is 1. The number of nitrogens with one attached hydrogen (secondary N) is 1. The molecule has 0 aliphatic carbocycles. The van der Waals surface area contributed by atoms with E-state index in [2.05, 4.69) is 25.1 Å². The Bertz CT molecular complexity index is 735. The molecule has 0 aromatic carbocycles. The zero-order valence-electron chi connectivity index (χ0n) is 14.6. The molecular formula is C14H20N6O2S3. The van der Waals surface area contributed by atoms with Crippen LogP contribution in [0, 0.1) is 6.92 Å². The summed E-state index contributed by atoms with van der Waals surface area (Å²) < 4.78 is 4.37. The van der Waals surface area contributed by atoms with Crippen LogP contribution in [0.4, 0.5) is 5.13 Å². The van der Waals surface area contributed by atoms with Gasteiger partial charge in [0.2, 0.25) is 11.0 Å². The van der Waals surface area contributed by atoms with Gasteiger partial charge in [0, 0.05) is 12.1 Å². The monoisotopic (exact) mass is 400 g/mol. The molecule has 25 heavy (non-hydrogen) atoms. The summed E-state index contributed by atoms with van der Waals surface area (Å²) in [6, 6.07) is 0.294. The molecule has 1 N–H and O–H groups in total. The van der Waals surface area contributed by atoms with E-state index in [0.29, 0.717) is 20.0 Å². The summed E-state index contributed by atoms with van der Waals surface area (Å²) in [5, 5.41) is 14.8. The zero-order chi connectivity index (χ0) is 18.6. The molecule has 0 unspecified atom stereocenters. The van der Waals surface area contributed by atoms with E-state index in [1.807, 2.05) is 32.6 Å². The molecule has 2 heterocycles. The van der Waals surface area contributed by atoms with E-state index >= 15 is 0 Å². The lowest BCUT2D eigenvalue weighted by atomic mass is 10.2. The molecule has 0 spiro atoms. The van der Waals surface area contributed by atoms with Gasteiger partial charge in [-0.15, -0.1) is 15.3 Å². The molecule has 0 aliphatic heterocycles. The molecule has 11 heteroatoms. The smallest absolute Gasteiger partial charge is 0.271 e. The van der Waals surface area contributed by atoms with Crippen molar-refractivity contribution in [2.24, 2.45) is 0 Å². The van der Waals surface area contributed by atoms with Crippen LogP contribution in [-0.4, -0.2) is 54.3 Å². The van der Waals surface area contributed by atoms with Crippen LogP contribution in [0.1, 0.15) is 43.1 Å². The lowest BCUT2D eigenvalue weighted by Crippen LogP contribution is -2.43. The lowest BCUT2D eigenvalue weighted by Gasteiger charge is -2.30. The molecule has 2 rings (SSSR count). The van der Waals surface area contributed by atoms with E-state index in [1.165, 1.54) is 23.1 Å². The molecule has 8 nitrogen and oxygen atoms in total. The quantitative estimate of drug-likeness (QED) is 0.563. The van der Waals surface area contributed by atoms with Gasteiger partial charge in [0.15, 0.2) is 4.34 Å². The average Bonchev–Trinajstić information content (AvgIpc) is 3.13. The Morgan fingerprint density at radius 2 is 1.84 bits per heavy atom. The first-order chi connectivity index (χ1) is 11.8. The molecule has 2 aromatic rings. The van der Waals surface area contributed by atoms with Gasteiger partial charge in [-0.2, -0.15) is 0 Å². The summed E-state index contributed by atoms with van der Waals surface area (Å²) in [6.45, 7) is 9.71. The Morgan fingerprint density at radius 3 is 2.40 bits per heavy atom. The number of aryl methyl sites for hydroxylation is 1. The van der Waals surface area contributed by atoms with Crippen LogP contribution in [0.2, 0.25) is 0 Å². The minimum Gasteiger partial charge on any atom is -0.337 e. The fourth-order valence-electron chi connectivity index (χ4n) is 2.28. The van der Waals surface area contributed by atoms with Crippen molar-refractivity contribution in [1.82, 2.24) is 24.7 Å². The standard InChI is InChI=1S/C14H20N6O2S3/c1-7(2)20(8(3)4)10(21)6-23-14-18-17-13(24-14)15-12(22)11-9(5)16-19-25-11/h7-8H,6H2,1-5H3,(H,15,17,22). The van der Waals surface area contributed by atoms with Gasteiger partial charge in [-0.25, -0.2) is 0 Å². The van der Waals surface area contributed by atoms with E-state index in [1.54, 1.807) is 6.92 Å². The number of hydrogen-bond donors (Lipinski definition) is 1. The fourth-order valence-corrected chi connectivity index (χ4v) is 4.45. The third-order valence-electron chi connectivity index (χ3n) is 3.20. The second-order valence-electron chi connectivity index (χ2n) is 5.79. The van der Waals surface area contributed by atoms with Gasteiger partial charge in [0.05, 0.1) is 11.4 Å². The highest BCUT2D eigenvalue weighted by Gasteiger charge is 2.21. The minimum atomic E-state index is -0.304. The minimum absolute atomic E-state index is 0.0575. The number of carbonyl (C=O) groups is 2. The van der Waals surface area contributed by atoms with Gasteiger partial charge in [-0.05, 0) is 46.2 Å². The number of hydrogen-bond acceptors (Lipinski definition) is 9. The highest BCUT2D eigenvalue weighted by molar-refractivity contribution is 8.01. The summed E-state index contributed by atoms with van der Waals surface area (Å²) >= 11 is 3.59. The van der Waals surface area contributed by atoms with Crippen molar-refractivity contribution in [2.75, 3.05) is 11.1 Å². The number of aromatic nitrogens is 4. The molecule has 0 saturated heterocycles. The lowest BCUT2D eigenvalue weighted by molar-refractivity contribution is -0.131. The van der Waals surface area contributed by atoms with Crippen molar-refractivity contribution in [3.63, 3.8) is 0 Å². The second-order valence-corrected chi connectivity index (χ2v) is 8.75. The number of carbonyl (C=O) groups excluding carboxylic acids is 2. The van der Waals surface area contributed by atoms with Crippen LogP contribution in [0.25, 0.3) is 0 Å². The largest absolute Gasteiger partial charge is 0.337 e.